The molecule has 2 heterocycles. The van der Waals surface area contributed by atoms with Crippen LogP contribution in [0.25, 0.3) is 0 Å². The second-order valence-corrected chi connectivity index (χ2v) is 4.57. The standard InChI is InChI=1S/C7H11NS.C6H9NO.C2H6/c1-2-7(8)6-3-4-9-5-6;1-5-2-3-6(4-7)8-5;1-2/h3-5,7H,2,8H2,1H3;2-3H,4,7H2,1H3;1-2H3/t7-;;/m1../s1. The van der Waals surface area contributed by atoms with Crippen molar-refractivity contribution in [1.82, 2.24) is 0 Å². The predicted octanol–water partition coefficient (Wildman–Crippen LogP) is 4.23. The van der Waals surface area contributed by atoms with E-state index >= 15 is 0 Å². The zero-order chi connectivity index (χ0) is 14.7. The molecule has 0 spiro atoms. The Morgan fingerprint density at radius 2 is 1.95 bits per heavy atom. The maximum atomic E-state index is 5.75. The van der Waals surface area contributed by atoms with Crippen molar-refractivity contribution in [1.29, 1.82) is 0 Å². The number of thiophene rings is 1. The average Bonchev–Trinajstić information content (AvgIpc) is 3.12. The van der Waals surface area contributed by atoms with Gasteiger partial charge in [0.25, 0.3) is 0 Å². The molecule has 19 heavy (non-hydrogen) atoms. The molecule has 4 heteroatoms. The maximum absolute atomic E-state index is 5.75. The van der Waals surface area contributed by atoms with Crippen LogP contribution in [0, 0.1) is 6.92 Å². The van der Waals surface area contributed by atoms with Crippen LogP contribution < -0.4 is 11.5 Å². The summed E-state index contributed by atoms with van der Waals surface area (Å²) >= 11 is 1.70. The first kappa shape index (κ1) is 17.9. The van der Waals surface area contributed by atoms with Gasteiger partial charge in [-0.1, -0.05) is 20.8 Å². The number of furan rings is 1. The minimum absolute atomic E-state index is 0.247. The van der Waals surface area contributed by atoms with Gasteiger partial charge in [-0.3, -0.25) is 0 Å². The first-order valence-electron chi connectivity index (χ1n) is 6.70. The highest BCUT2D eigenvalue weighted by atomic mass is 32.1. The fourth-order valence-corrected chi connectivity index (χ4v) is 2.04. The van der Waals surface area contributed by atoms with Gasteiger partial charge in [0.15, 0.2) is 0 Å². The fraction of sp³-hybridized carbons (Fsp3) is 0.467. The molecular formula is C15H26N2OS. The lowest BCUT2D eigenvalue weighted by atomic mass is 10.1. The zero-order valence-electron chi connectivity index (χ0n) is 12.3. The summed E-state index contributed by atoms with van der Waals surface area (Å²) in [5.74, 6) is 1.77. The Kier molecular flexibility index (Phi) is 10.2. The van der Waals surface area contributed by atoms with Crippen molar-refractivity contribution in [2.45, 2.75) is 46.7 Å². The summed E-state index contributed by atoms with van der Waals surface area (Å²) < 4.78 is 5.11. The molecule has 1 atom stereocenters. The largest absolute Gasteiger partial charge is 0.465 e. The van der Waals surface area contributed by atoms with Gasteiger partial charge in [-0.25, -0.2) is 0 Å². The predicted molar refractivity (Wildman–Crippen MR) is 84.2 cm³/mol. The Bertz CT molecular complexity index is 409. The van der Waals surface area contributed by atoms with Crippen molar-refractivity contribution in [2.24, 2.45) is 11.5 Å². The summed E-state index contributed by atoms with van der Waals surface area (Å²) in [7, 11) is 0. The summed E-state index contributed by atoms with van der Waals surface area (Å²) in [5, 5.41) is 4.17. The molecule has 0 aliphatic carbocycles. The Hall–Kier alpha value is -1.10. The van der Waals surface area contributed by atoms with Crippen LogP contribution >= 0.6 is 11.3 Å². The Labute approximate surface area is 120 Å². The molecule has 0 fully saturated rings. The van der Waals surface area contributed by atoms with Crippen LogP contribution in [-0.4, -0.2) is 0 Å². The highest BCUT2D eigenvalue weighted by Crippen LogP contribution is 2.15. The van der Waals surface area contributed by atoms with E-state index in [-0.39, 0.29) is 6.04 Å². The maximum Gasteiger partial charge on any atom is 0.117 e. The lowest BCUT2D eigenvalue weighted by Crippen LogP contribution is -2.06. The second-order valence-electron chi connectivity index (χ2n) is 3.79. The molecule has 2 aromatic rings. The van der Waals surface area contributed by atoms with Crippen LogP contribution in [0.5, 0.6) is 0 Å². The van der Waals surface area contributed by atoms with Crippen LogP contribution in [-0.2, 0) is 6.54 Å². The molecule has 0 bridgehead atoms. The first-order chi connectivity index (χ1) is 9.17. The minimum Gasteiger partial charge on any atom is -0.465 e. The van der Waals surface area contributed by atoms with Gasteiger partial charge in [-0.05, 0) is 47.9 Å². The summed E-state index contributed by atoms with van der Waals surface area (Å²) in [6, 6.07) is 6.12. The van der Waals surface area contributed by atoms with Crippen LogP contribution in [0.15, 0.2) is 33.4 Å². The van der Waals surface area contributed by atoms with Crippen LogP contribution in [0.4, 0.5) is 0 Å². The number of hydrogen-bond acceptors (Lipinski definition) is 4. The minimum atomic E-state index is 0.247. The quantitative estimate of drug-likeness (QED) is 0.885. The van der Waals surface area contributed by atoms with Crippen molar-refractivity contribution >= 4 is 11.3 Å². The average molecular weight is 282 g/mol. The molecule has 108 valence electrons. The highest BCUT2D eigenvalue weighted by Gasteiger charge is 2.00. The smallest absolute Gasteiger partial charge is 0.117 e. The van der Waals surface area contributed by atoms with Crippen molar-refractivity contribution in [3.8, 4) is 0 Å². The van der Waals surface area contributed by atoms with Crippen LogP contribution in [0.2, 0.25) is 0 Å². The van der Waals surface area contributed by atoms with E-state index in [9.17, 15) is 0 Å². The van der Waals surface area contributed by atoms with Crippen LogP contribution in [0.1, 0.15) is 50.3 Å². The summed E-state index contributed by atoms with van der Waals surface area (Å²) in [6.45, 7) is 8.50. The molecular weight excluding hydrogens is 256 g/mol. The highest BCUT2D eigenvalue weighted by molar-refractivity contribution is 7.07. The topological polar surface area (TPSA) is 65.2 Å². The molecule has 0 aliphatic heterocycles. The van der Waals surface area contributed by atoms with E-state index in [4.69, 9.17) is 15.9 Å². The van der Waals surface area contributed by atoms with Crippen molar-refractivity contribution in [2.75, 3.05) is 0 Å². The van der Waals surface area contributed by atoms with E-state index in [1.165, 1.54) is 5.56 Å². The molecule has 2 aromatic heterocycles. The van der Waals surface area contributed by atoms with E-state index in [2.05, 4.69) is 23.8 Å². The van der Waals surface area contributed by atoms with Gasteiger partial charge in [0.2, 0.25) is 0 Å². The lowest BCUT2D eigenvalue weighted by Gasteiger charge is -2.03. The van der Waals surface area contributed by atoms with Crippen molar-refractivity contribution < 1.29 is 4.42 Å². The van der Waals surface area contributed by atoms with Gasteiger partial charge < -0.3 is 15.9 Å². The lowest BCUT2D eigenvalue weighted by molar-refractivity contribution is 0.485. The number of aryl methyl sites for hydroxylation is 1. The van der Waals surface area contributed by atoms with Gasteiger partial charge in [0.05, 0.1) is 6.54 Å². The third kappa shape index (κ3) is 7.15. The SMILES string of the molecule is CC.CC[C@@H](N)c1ccsc1.Cc1ccc(CN)o1. The molecule has 0 aliphatic rings. The molecule has 0 aromatic carbocycles. The Balaban J connectivity index is 0.000000303. The van der Waals surface area contributed by atoms with Crippen molar-refractivity contribution in [3.05, 3.63) is 46.0 Å². The van der Waals surface area contributed by atoms with E-state index in [0.29, 0.717) is 6.54 Å². The zero-order valence-corrected chi connectivity index (χ0v) is 13.2. The van der Waals surface area contributed by atoms with Gasteiger partial charge in [-0.15, -0.1) is 0 Å². The molecule has 2 rings (SSSR count). The molecule has 0 saturated heterocycles. The molecule has 0 amide bonds. The van der Waals surface area contributed by atoms with E-state index in [0.717, 1.165) is 17.9 Å². The van der Waals surface area contributed by atoms with Gasteiger partial charge in [-0.2, -0.15) is 11.3 Å². The molecule has 4 N–H and O–H groups in total. The molecule has 0 unspecified atom stereocenters. The third-order valence-electron chi connectivity index (χ3n) is 2.41. The second kappa shape index (κ2) is 10.8. The number of nitrogens with two attached hydrogens (primary N) is 2. The molecule has 3 nitrogen and oxygen atoms in total. The summed E-state index contributed by atoms with van der Waals surface area (Å²) in [4.78, 5) is 0. The van der Waals surface area contributed by atoms with Gasteiger partial charge in [0.1, 0.15) is 11.5 Å². The van der Waals surface area contributed by atoms with Gasteiger partial charge in [0, 0.05) is 6.04 Å². The Morgan fingerprint density at radius 1 is 1.26 bits per heavy atom. The van der Waals surface area contributed by atoms with Crippen molar-refractivity contribution in [3.63, 3.8) is 0 Å². The third-order valence-corrected chi connectivity index (χ3v) is 3.11. The van der Waals surface area contributed by atoms with E-state index < -0.39 is 0 Å². The molecule has 0 saturated carbocycles. The van der Waals surface area contributed by atoms with E-state index in [1.807, 2.05) is 32.9 Å². The first-order valence-corrected chi connectivity index (χ1v) is 7.64. The number of rotatable bonds is 3. The fourth-order valence-electron chi connectivity index (χ4n) is 1.32. The van der Waals surface area contributed by atoms with E-state index in [1.54, 1.807) is 11.3 Å². The number of hydrogen-bond donors (Lipinski definition) is 2. The summed E-state index contributed by atoms with van der Waals surface area (Å²) in [6.07, 6.45) is 1.02. The summed E-state index contributed by atoms with van der Waals surface area (Å²) in [5.41, 5.74) is 12.3. The molecule has 0 radical (unpaired) electrons. The monoisotopic (exact) mass is 282 g/mol. The van der Waals surface area contributed by atoms with Gasteiger partial charge >= 0.3 is 0 Å². The Morgan fingerprint density at radius 3 is 2.26 bits per heavy atom. The normalized spacial score (nSPS) is 10.8. The van der Waals surface area contributed by atoms with Crippen LogP contribution in [0.3, 0.4) is 0 Å².